The number of ether oxygens (including phenoxy) is 2. The topological polar surface area (TPSA) is 125 Å². The monoisotopic (exact) mass is 394 g/mol. The van der Waals surface area contributed by atoms with Crippen molar-refractivity contribution in [1.29, 1.82) is 0 Å². The minimum Gasteiger partial charge on any atom is -0.473 e. The number of hydrogen-bond donors (Lipinski definition) is 3. The lowest BCUT2D eigenvalue weighted by atomic mass is 9.92. The normalized spacial score (nSPS) is 20.6. The molecule has 1 aromatic carbocycles. The second kappa shape index (κ2) is 9.93. The summed E-state index contributed by atoms with van der Waals surface area (Å²) in [6.07, 6.45) is 1.81. The number of hydrogen-bond acceptors (Lipinski definition) is 6. The van der Waals surface area contributed by atoms with E-state index in [9.17, 15) is 4.79 Å². The SMILES string of the molecule is CC1CC(C)CN(CCC(=O)Nc2ccc3c(c2)OCO3)C1.O=C(O)C(=O)O. The molecular weight excluding hydrogens is 368 g/mol. The molecule has 0 aromatic heterocycles. The molecule has 0 aliphatic carbocycles. The fourth-order valence-corrected chi connectivity index (χ4v) is 3.43. The van der Waals surface area contributed by atoms with E-state index in [1.54, 1.807) is 0 Å². The molecule has 9 heteroatoms. The molecule has 2 heterocycles. The van der Waals surface area contributed by atoms with E-state index in [2.05, 4.69) is 24.1 Å². The largest absolute Gasteiger partial charge is 0.473 e. The summed E-state index contributed by atoms with van der Waals surface area (Å²) in [5.74, 6) is -0.734. The van der Waals surface area contributed by atoms with Crippen LogP contribution in [-0.2, 0) is 14.4 Å². The van der Waals surface area contributed by atoms with Gasteiger partial charge in [0, 0.05) is 37.8 Å². The number of nitrogens with zero attached hydrogens (tertiary/aromatic N) is 1. The van der Waals surface area contributed by atoms with Gasteiger partial charge in [-0.2, -0.15) is 0 Å². The van der Waals surface area contributed by atoms with Crippen molar-refractivity contribution in [3.63, 3.8) is 0 Å². The van der Waals surface area contributed by atoms with Gasteiger partial charge in [-0.3, -0.25) is 4.79 Å². The first kappa shape index (κ1) is 21.5. The second-order valence-electron chi connectivity index (χ2n) is 7.18. The number of carboxylic acids is 2. The molecule has 1 fully saturated rings. The van der Waals surface area contributed by atoms with Crippen LogP contribution in [0.5, 0.6) is 11.5 Å². The van der Waals surface area contributed by atoms with Gasteiger partial charge in [0.1, 0.15) is 0 Å². The summed E-state index contributed by atoms with van der Waals surface area (Å²) in [5, 5.41) is 17.7. The number of fused-ring (bicyclic) bond motifs is 1. The minimum atomic E-state index is -1.82. The third-order valence-corrected chi connectivity index (χ3v) is 4.44. The molecule has 1 amide bonds. The zero-order chi connectivity index (χ0) is 20.7. The number of rotatable bonds is 4. The number of anilines is 1. The van der Waals surface area contributed by atoms with Crippen LogP contribution in [0.3, 0.4) is 0 Å². The van der Waals surface area contributed by atoms with Gasteiger partial charge >= 0.3 is 11.9 Å². The molecule has 3 N–H and O–H groups in total. The van der Waals surface area contributed by atoms with E-state index in [-0.39, 0.29) is 12.7 Å². The number of likely N-dealkylation sites (tertiary alicyclic amines) is 1. The van der Waals surface area contributed by atoms with Gasteiger partial charge in [0.05, 0.1) is 0 Å². The number of carboxylic acid groups (broad SMARTS) is 2. The van der Waals surface area contributed by atoms with Crippen molar-refractivity contribution in [2.75, 3.05) is 31.7 Å². The summed E-state index contributed by atoms with van der Waals surface area (Å²) >= 11 is 0. The lowest BCUT2D eigenvalue weighted by Crippen LogP contribution is -2.40. The molecule has 154 valence electrons. The molecule has 0 saturated carbocycles. The maximum atomic E-state index is 12.1. The van der Waals surface area contributed by atoms with E-state index in [1.165, 1.54) is 6.42 Å². The Morgan fingerprint density at radius 3 is 2.29 bits per heavy atom. The number of piperidine rings is 1. The van der Waals surface area contributed by atoms with Crippen molar-refractivity contribution in [3.05, 3.63) is 18.2 Å². The molecule has 28 heavy (non-hydrogen) atoms. The predicted molar refractivity (Wildman–Crippen MR) is 100 cm³/mol. The highest BCUT2D eigenvalue weighted by atomic mass is 16.7. The summed E-state index contributed by atoms with van der Waals surface area (Å²) in [7, 11) is 0. The van der Waals surface area contributed by atoms with E-state index in [1.807, 2.05) is 18.2 Å². The highest BCUT2D eigenvalue weighted by Crippen LogP contribution is 2.34. The van der Waals surface area contributed by atoms with Gasteiger partial charge < -0.3 is 29.9 Å². The fraction of sp³-hybridized carbons (Fsp3) is 0.526. The van der Waals surface area contributed by atoms with Gasteiger partial charge in [-0.15, -0.1) is 0 Å². The lowest BCUT2D eigenvalue weighted by molar-refractivity contribution is -0.159. The van der Waals surface area contributed by atoms with Crippen molar-refractivity contribution >= 4 is 23.5 Å². The van der Waals surface area contributed by atoms with Crippen molar-refractivity contribution < 1.29 is 34.1 Å². The van der Waals surface area contributed by atoms with Crippen LogP contribution < -0.4 is 14.8 Å². The van der Waals surface area contributed by atoms with E-state index in [4.69, 9.17) is 29.3 Å². The Morgan fingerprint density at radius 1 is 1.07 bits per heavy atom. The summed E-state index contributed by atoms with van der Waals surface area (Å²) in [4.78, 5) is 32.7. The van der Waals surface area contributed by atoms with Crippen LogP contribution >= 0.6 is 0 Å². The zero-order valence-corrected chi connectivity index (χ0v) is 16.0. The zero-order valence-electron chi connectivity index (χ0n) is 16.0. The van der Waals surface area contributed by atoms with Crippen LogP contribution in [-0.4, -0.2) is 59.4 Å². The minimum absolute atomic E-state index is 0.0461. The van der Waals surface area contributed by atoms with Crippen LogP contribution in [0.25, 0.3) is 0 Å². The first-order valence-electron chi connectivity index (χ1n) is 9.12. The van der Waals surface area contributed by atoms with E-state index in [0.29, 0.717) is 12.2 Å². The molecule has 1 saturated heterocycles. The maximum absolute atomic E-state index is 12.1. The Balaban J connectivity index is 0.000000409. The molecule has 2 unspecified atom stereocenters. The standard InChI is InChI=1S/C17H24N2O3.C2H2O4/c1-12-7-13(2)10-19(9-12)6-5-17(20)18-14-3-4-15-16(8-14)22-11-21-15;3-1(4)2(5)6/h3-4,8,12-13H,5-7,9-11H2,1-2H3,(H,18,20);(H,3,4)(H,5,6). The number of carbonyl (C=O) groups is 3. The van der Waals surface area contributed by atoms with E-state index < -0.39 is 11.9 Å². The molecular formula is C19H26N2O7. The summed E-state index contributed by atoms with van der Waals surface area (Å²) in [5.41, 5.74) is 0.759. The molecule has 2 atom stereocenters. The first-order valence-corrected chi connectivity index (χ1v) is 9.12. The van der Waals surface area contributed by atoms with E-state index >= 15 is 0 Å². The van der Waals surface area contributed by atoms with Gasteiger partial charge in [0.2, 0.25) is 12.7 Å². The average molecular weight is 394 g/mol. The molecule has 0 bridgehead atoms. The van der Waals surface area contributed by atoms with Crippen LogP contribution in [0.4, 0.5) is 5.69 Å². The van der Waals surface area contributed by atoms with Crippen molar-refractivity contribution in [3.8, 4) is 11.5 Å². The Morgan fingerprint density at radius 2 is 1.68 bits per heavy atom. The number of benzene rings is 1. The van der Waals surface area contributed by atoms with Gasteiger partial charge in [-0.05, 0) is 30.4 Å². The molecule has 0 radical (unpaired) electrons. The van der Waals surface area contributed by atoms with Crippen molar-refractivity contribution in [2.45, 2.75) is 26.7 Å². The first-order chi connectivity index (χ1) is 13.2. The Kier molecular flexibility index (Phi) is 7.62. The van der Waals surface area contributed by atoms with Gasteiger partial charge in [-0.1, -0.05) is 13.8 Å². The van der Waals surface area contributed by atoms with Crippen molar-refractivity contribution in [1.82, 2.24) is 4.90 Å². The molecule has 9 nitrogen and oxygen atoms in total. The lowest BCUT2D eigenvalue weighted by Gasteiger charge is -2.34. The molecule has 0 spiro atoms. The quantitative estimate of drug-likeness (QED) is 0.661. The maximum Gasteiger partial charge on any atom is 0.414 e. The third-order valence-electron chi connectivity index (χ3n) is 4.44. The summed E-state index contributed by atoms with van der Waals surface area (Å²) < 4.78 is 10.6. The Labute approximate surface area is 163 Å². The third kappa shape index (κ3) is 6.73. The van der Waals surface area contributed by atoms with Crippen LogP contribution in [0.15, 0.2) is 18.2 Å². The number of carbonyl (C=O) groups excluding carboxylic acids is 1. The van der Waals surface area contributed by atoms with Crippen molar-refractivity contribution in [2.24, 2.45) is 11.8 Å². The summed E-state index contributed by atoms with van der Waals surface area (Å²) in [6.45, 7) is 7.84. The molecule has 2 aliphatic rings. The molecule has 1 aromatic rings. The van der Waals surface area contributed by atoms with Gasteiger partial charge in [0.25, 0.3) is 0 Å². The van der Waals surface area contributed by atoms with Gasteiger partial charge in [0.15, 0.2) is 11.5 Å². The highest BCUT2D eigenvalue weighted by Gasteiger charge is 2.22. The molecule has 2 aliphatic heterocycles. The van der Waals surface area contributed by atoms with E-state index in [0.717, 1.165) is 42.9 Å². The number of amides is 1. The fourth-order valence-electron chi connectivity index (χ4n) is 3.43. The van der Waals surface area contributed by atoms with Crippen LogP contribution in [0.1, 0.15) is 26.7 Å². The Hall–Kier alpha value is -2.81. The van der Waals surface area contributed by atoms with Crippen LogP contribution in [0.2, 0.25) is 0 Å². The highest BCUT2D eigenvalue weighted by molar-refractivity contribution is 6.27. The Bertz CT molecular complexity index is 700. The van der Waals surface area contributed by atoms with Crippen LogP contribution in [0, 0.1) is 11.8 Å². The smallest absolute Gasteiger partial charge is 0.414 e. The van der Waals surface area contributed by atoms with Gasteiger partial charge in [-0.25, -0.2) is 9.59 Å². The number of aliphatic carboxylic acids is 2. The second-order valence-corrected chi connectivity index (χ2v) is 7.18. The molecule has 3 rings (SSSR count). The summed E-state index contributed by atoms with van der Waals surface area (Å²) in [6, 6.07) is 5.48. The predicted octanol–water partition coefficient (Wildman–Crippen LogP) is 1.88. The average Bonchev–Trinajstić information content (AvgIpc) is 3.07. The number of nitrogens with one attached hydrogen (secondary N) is 1.